The van der Waals surface area contributed by atoms with Gasteiger partial charge in [0.2, 0.25) is 0 Å². The molecule has 0 aliphatic heterocycles. The normalized spacial score (nSPS) is 8.46. The second kappa shape index (κ2) is 4.91. The van der Waals surface area contributed by atoms with Gasteiger partial charge in [-0.2, -0.15) is 0 Å². The second-order valence-corrected chi connectivity index (χ2v) is 2.42. The Hall–Kier alpha value is -1.85. The molecule has 0 saturated heterocycles. The summed E-state index contributed by atoms with van der Waals surface area (Å²) in [7, 11) is 0. The third kappa shape index (κ3) is 6.54. The Labute approximate surface area is 73.9 Å². The predicted octanol–water partition coefficient (Wildman–Crippen LogP) is 0.644. The first kappa shape index (κ1) is 11.2. The smallest absolute Gasteiger partial charge is 0.291 e. The molecule has 1 aromatic heterocycles. The van der Waals surface area contributed by atoms with Crippen LogP contribution in [0.2, 0.25) is 0 Å². The van der Waals surface area contributed by atoms with Crippen LogP contribution in [0.5, 0.6) is 0 Å². The summed E-state index contributed by atoms with van der Waals surface area (Å²) in [5.74, 6) is 0. The lowest BCUT2D eigenvalue weighted by Gasteiger charge is -1.92. The number of nitrogens with one attached hydrogen (secondary N) is 1. The van der Waals surface area contributed by atoms with Gasteiger partial charge in [-0.15, -0.1) is 10.1 Å². The van der Waals surface area contributed by atoms with E-state index in [9.17, 15) is 4.79 Å². The molecule has 0 unspecified atom stereocenters. The molecule has 13 heavy (non-hydrogen) atoms. The maximum Gasteiger partial charge on any atom is 0.291 e. The van der Waals surface area contributed by atoms with E-state index in [0.29, 0.717) is 0 Å². The molecule has 1 rings (SSSR count). The fourth-order valence-corrected chi connectivity index (χ4v) is 0.852. The van der Waals surface area contributed by atoms with Gasteiger partial charge in [0.25, 0.3) is 5.09 Å². The zero-order chi connectivity index (χ0) is 10.4. The van der Waals surface area contributed by atoms with Gasteiger partial charge >= 0.3 is 0 Å². The van der Waals surface area contributed by atoms with Crippen molar-refractivity contribution in [3.8, 4) is 0 Å². The van der Waals surface area contributed by atoms with Gasteiger partial charge in [-0.25, -0.2) is 0 Å². The first-order chi connectivity index (χ1) is 5.91. The van der Waals surface area contributed by atoms with E-state index >= 15 is 0 Å². The maximum atomic E-state index is 10.7. The molecule has 72 valence electrons. The van der Waals surface area contributed by atoms with Crippen molar-refractivity contribution in [3.63, 3.8) is 0 Å². The van der Waals surface area contributed by atoms with Crippen LogP contribution in [0.15, 0.2) is 16.9 Å². The standard InChI is InChI=1S/C7H9NO.HNO3/c1-5-3-7(9)4-6(2)8-5;2-1(3)4/h3-4H,1-2H3,(H,8,9);(H,2,3,4). The van der Waals surface area contributed by atoms with Crippen molar-refractivity contribution < 1.29 is 10.3 Å². The van der Waals surface area contributed by atoms with E-state index < -0.39 is 5.09 Å². The van der Waals surface area contributed by atoms with Crippen LogP contribution in [-0.4, -0.2) is 15.3 Å². The van der Waals surface area contributed by atoms with Crippen LogP contribution < -0.4 is 5.43 Å². The molecule has 6 heteroatoms. The van der Waals surface area contributed by atoms with Crippen LogP contribution in [0.4, 0.5) is 0 Å². The molecule has 1 aromatic rings. The van der Waals surface area contributed by atoms with Crippen molar-refractivity contribution in [2.75, 3.05) is 0 Å². The minimum Gasteiger partial charge on any atom is -0.362 e. The van der Waals surface area contributed by atoms with Crippen LogP contribution in [0.1, 0.15) is 11.4 Å². The third-order valence-electron chi connectivity index (χ3n) is 1.11. The number of hydrogen-bond donors (Lipinski definition) is 2. The van der Waals surface area contributed by atoms with Crippen LogP contribution in [0.3, 0.4) is 0 Å². The molecule has 6 nitrogen and oxygen atoms in total. The average molecular weight is 186 g/mol. The SMILES string of the molecule is Cc1cc(=O)cc(C)[nH]1.O=[N+]([O-])O. The first-order valence-electron chi connectivity index (χ1n) is 3.42. The van der Waals surface area contributed by atoms with Crippen molar-refractivity contribution in [1.82, 2.24) is 4.98 Å². The molecular formula is C7H10N2O4. The summed E-state index contributed by atoms with van der Waals surface area (Å²) >= 11 is 0. The Balaban J connectivity index is 0.000000310. The molecule has 0 atom stereocenters. The molecule has 0 aliphatic rings. The molecular weight excluding hydrogens is 176 g/mol. The molecule has 0 aliphatic carbocycles. The topological polar surface area (TPSA) is 96.2 Å². The van der Waals surface area contributed by atoms with E-state index in [0.717, 1.165) is 11.4 Å². The molecule has 0 spiro atoms. The minimum absolute atomic E-state index is 0.0729. The number of aromatic amines is 1. The Morgan fingerprint density at radius 2 is 1.69 bits per heavy atom. The van der Waals surface area contributed by atoms with Gasteiger partial charge in [-0.1, -0.05) is 0 Å². The molecule has 0 amide bonds. The largest absolute Gasteiger partial charge is 0.362 e. The van der Waals surface area contributed by atoms with Gasteiger partial charge < -0.3 is 10.2 Å². The number of pyridine rings is 1. The Bertz CT molecular complexity index is 317. The van der Waals surface area contributed by atoms with Crippen molar-refractivity contribution in [3.05, 3.63) is 43.9 Å². The summed E-state index contributed by atoms with van der Waals surface area (Å²) < 4.78 is 0. The first-order valence-corrected chi connectivity index (χ1v) is 3.42. The van der Waals surface area contributed by atoms with E-state index in [1.807, 2.05) is 13.8 Å². The predicted molar refractivity (Wildman–Crippen MR) is 45.3 cm³/mol. The highest BCUT2D eigenvalue weighted by atomic mass is 16.9. The third-order valence-corrected chi connectivity index (χ3v) is 1.11. The van der Waals surface area contributed by atoms with Crippen molar-refractivity contribution in [1.29, 1.82) is 0 Å². The molecule has 1 heterocycles. The zero-order valence-corrected chi connectivity index (χ0v) is 7.27. The molecule has 0 fully saturated rings. The van der Waals surface area contributed by atoms with Crippen LogP contribution in [-0.2, 0) is 0 Å². The van der Waals surface area contributed by atoms with E-state index in [1.54, 1.807) is 12.1 Å². The number of aryl methyl sites for hydroxylation is 2. The summed E-state index contributed by atoms with van der Waals surface area (Å²) in [6.45, 7) is 3.74. The Morgan fingerprint density at radius 3 is 1.92 bits per heavy atom. The summed E-state index contributed by atoms with van der Waals surface area (Å²) in [6.07, 6.45) is 0. The molecule has 0 bridgehead atoms. The quantitative estimate of drug-likeness (QED) is 0.459. The lowest BCUT2D eigenvalue weighted by atomic mass is 10.3. The van der Waals surface area contributed by atoms with Gasteiger partial charge in [-0.3, -0.25) is 4.79 Å². The van der Waals surface area contributed by atoms with Crippen LogP contribution >= 0.6 is 0 Å². The van der Waals surface area contributed by atoms with Gasteiger partial charge in [-0.05, 0) is 13.8 Å². The van der Waals surface area contributed by atoms with Gasteiger partial charge in [0.1, 0.15) is 0 Å². The number of nitrogens with zero attached hydrogens (tertiary/aromatic N) is 1. The highest BCUT2D eigenvalue weighted by molar-refractivity contribution is 5.08. The van der Waals surface area contributed by atoms with Crippen LogP contribution in [0.25, 0.3) is 0 Å². The Kier molecular flexibility index (Phi) is 4.21. The van der Waals surface area contributed by atoms with Gasteiger partial charge in [0, 0.05) is 23.5 Å². The second-order valence-electron chi connectivity index (χ2n) is 2.42. The lowest BCUT2D eigenvalue weighted by Crippen LogP contribution is -2.00. The highest BCUT2D eigenvalue weighted by Crippen LogP contribution is 1.88. The highest BCUT2D eigenvalue weighted by Gasteiger charge is 1.87. The fraction of sp³-hybridized carbons (Fsp3) is 0.286. The monoisotopic (exact) mass is 186 g/mol. The average Bonchev–Trinajstić information content (AvgIpc) is 1.80. The summed E-state index contributed by atoms with van der Waals surface area (Å²) in [6, 6.07) is 3.15. The van der Waals surface area contributed by atoms with Crippen molar-refractivity contribution >= 4 is 0 Å². The maximum absolute atomic E-state index is 10.7. The summed E-state index contributed by atoms with van der Waals surface area (Å²) in [4.78, 5) is 22.1. The molecule has 0 aromatic carbocycles. The van der Waals surface area contributed by atoms with E-state index in [2.05, 4.69) is 4.98 Å². The van der Waals surface area contributed by atoms with E-state index in [4.69, 9.17) is 15.3 Å². The zero-order valence-electron chi connectivity index (χ0n) is 7.27. The fourth-order valence-electron chi connectivity index (χ4n) is 0.852. The van der Waals surface area contributed by atoms with E-state index in [1.165, 1.54) is 0 Å². The number of aromatic nitrogens is 1. The van der Waals surface area contributed by atoms with Gasteiger partial charge in [0.15, 0.2) is 5.43 Å². The Morgan fingerprint density at radius 1 is 1.38 bits per heavy atom. The number of rotatable bonds is 0. The van der Waals surface area contributed by atoms with E-state index in [-0.39, 0.29) is 5.43 Å². The van der Waals surface area contributed by atoms with Crippen molar-refractivity contribution in [2.24, 2.45) is 0 Å². The van der Waals surface area contributed by atoms with Crippen LogP contribution in [0, 0.1) is 24.0 Å². The molecule has 0 radical (unpaired) electrons. The lowest BCUT2D eigenvalue weighted by molar-refractivity contribution is -0.742. The van der Waals surface area contributed by atoms with Gasteiger partial charge in [0.05, 0.1) is 0 Å². The summed E-state index contributed by atoms with van der Waals surface area (Å²) in [5, 5.41) is 13.6. The summed E-state index contributed by atoms with van der Waals surface area (Å²) in [5.41, 5.74) is 1.91. The molecule has 2 N–H and O–H groups in total. The number of hydrogen-bond acceptors (Lipinski definition) is 3. The molecule has 0 saturated carbocycles. The number of H-pyrrole nitrogens is 1. The van der Waals surface area contributed by atoms with Crippen molar-refractivity contribution in [2.45, 2.75) is 13.8 Å². The minimum atomic E-state index is -1.50.